The molecule has 2 rings (SSSR count). The normalized spacial score (nSPS) is 41.3. The van der Waals surface area contributed by atoms with Crippen LogP contribution in [0.2, 0.25) is 0 Å². The molecule has 0 amide bonds. The van der Waals surface area contributed by atoms with Gasteiger partial charge in [0.2, 0.25) is 0 Å². The van der Waals surface area contributed by atoms with E-state index < -0.39 is 36.4 Å². The van der Waals surface area contributed by atoms with Crippen LogP contribution in [0.15, 0.2) is 10.2 Å². The van der Waals surface area contributed by atoms with Crippen molar-refractivity contribution in [3.63, 3.8) is 0 Å². The van der Waals surface area contributed by atoms with Crippen molar-refractivity contribution in [1.29, 1.82) is 10.5 Å². The van der Waals surface area contributed by atoms with E-state index in [2.05, 4.69) is 10.2 Å². The molecule has 0 aromatic carbocycles. The number of rotatable bonds is 2. The van der Waals surface area contributed by atoms with Gasteiger partial charge in [-0.3, -0.25) is 0 Å². The van der Waals surface area contributed by atoms with Crippen LogP contribution in [0, 0.1) is 28.1 Å². The van der Waals surface area contributed by atoms with Crippen LogP contribution < -0.4 is 5.73 Å². The molecule has 1 unspecified atom stereocenters. The summed E-state index contributed by atoms with van der Waals surface area (Å²) in [6.07, 6.45) is -5.29. The monoisotopic (exact) mass is 265 g/mol. The number of hydrogen-bond acceptors (Lipinski definition) is 9. The molecule has 1 saturated heterocycles. The highest BCUT2D eigenvalue weighted by Crippen LogP contribution is 2.38. The highest BCUT2D eigenvalue weighted by molar-refractivity contribution is 6.22. The van der Waals surface area contributed by atoms with Crippen LogP contribution in [0.4, 0.5) is 0 Å². The average Bonchev–Trinajstić information content (AvgIpc) is 2.89. The molecule has 0 radical (unpaired) electrons. The Morgan fingerprint density at radius 1 is 1.32 bits per heavy atom. The number of ether oxygens (including phenoxy) is 1. The summed E-state index contributed by atoms with van der Waals surface area (Å²) < 4.78 is 5.25. The first-order valence-corrected chi connectivity index (χ1v) is 5.38. The van der Waals surface area contributed by atoms with Crippen LogP contribution in [-0.4, -0.2) is 57.9 Å². The van der Waals surface area contributed by atoms with E-state index in [9.17, 15) is 15.5 Å². The van der Waals surface area contributed by atoms with E-state index in [4.69, 9.17) is 20.8 Å². The van der Waals surface area contributed by atoms with Crippen molar-refractivity contribution in [2.45, 2.75) is 24.4 Å². The van der Waals surface area contributed by atoms with Gasteiger partial charge in [-0.1, -0.05) is 0 Å². The maximum absolute atomic E-state index is 9.93. The molecule has 0 spiro atoms. The van der Waals surface area contributed by atoms with Gasteiger partial charge in [-0.05, 0) is 0 Å². The SMILES string of the molecule is N#CC1=NN=C(N)C1(C#N)[C@@H]1O[C@H](CO)[C@@H](O)[C@H]1O. The zero-order valence-electron chi connectivity index (χ0n) is 9.63. The summed E-state index contributed by atoms with van der Waals surface area (Å²) in [7, 11) is 0. The summed E-state index contributed by atoms with van der Waals surface area (Å²) in [5, 5.41) is 53.9. The lowest BCUT2D eigenvalue weighted by Crippen LogP contribution is -2.53. The van der Waals surface area contributed by atoms with Gasteiger partial charge in [-0.25, -0.2) is 0 Å². The molecular weight excluding hydrogens is 254 g/mol. The van der Waals surface area contributed by atoms with E-state index in [1.54, 1.807) is 12.1 Å². The second-order valence-corrected chi connectivity index (χ2v) is 4.22. The van der Waals surface area contributed by atoms with E-state index in [1.165, 1.54) is 0 Å². The Morgan fingerprint density at radius 2 is 2.00 bits per heavy atom. The van der Waals surface area contributed by atoms with E-state index in [0.717, 1.165) is 0 Å². The minimum Gasteiger partial charge on any atom is -0.394 e. The summed E-state index contributed by atoms with van der Waals surface area (Å²) in [6, 6.07) is 3.46. The molecule has 100 valence electrons. The van der Waals surface area contributed by atoms with Crippen molar-refractivity contribution in [2.24, 2.45) is 21.4 Å². The van der Waals surface area contributed by atoms with Crippen LogP contribution >= 0.6 is 0 Å². The smallest absolute Gasteiger partial charge is 0.198 e. The highest BCUT2D eigenvalue weighted by atomic mass is 16.6. The van der Waals surface area contributed by atoms with Gasteiger partial charge in [0.25, 0.3) is 0 Å². The number of aliphatic hydroxyl groups is 3. The third-order valence-corrected chi connectivity index (χ3v) is 3.29. The Hall–Kier alpha value is -2.04. The molecular formula is C10H11N5O4. The first-order valence-electron chi connectivity index (χ1n) is 5.38. The van der Waals surface area contributed by atoms with Crippen molar-refractivity contribution in [2.75, 3.05) is 6.61 Å². The molecule has 2 aliphatic heterocycles. The fourth-order valence-corrected chi connectivity index (χ4v) is 2.21. The highest BCUT2D eigenvalue weighted by Gasteiger charge is 2.60. The number of aliphatic hydroxyl groups excluding tert-OH is 3. The van der Waals surface area contributed by atoms with Crippen molar-refractivity contribution in [3.05, 3.63) is 0 Å². The maximum atomic E-state index is 9.93. The largest absolute Gasteiger partial charge is 0.394 e. The van der Waals surface area contributed by atoms with Crippen LogP contribution in [0.1, 0.15) is 0 Å². The number of nitriles is 2. The molecule has 19 heavy (non-hydrogen) atoms. The van der Waals surface area contributed by atoms with E-state index in [-0.39, 0.29) is 11.5 Å². The van der Waals surface area contributed by atoms with Crippen LogP contribution in [-0.2, 0) is 4.74 Å². The summed E-state index contributed by atoms with van der Waals surface area (Å²) in [5.41, 5.74) is 3.43. The van der Waals surface area contributed by atoms with Gasteiger partial charge in [0, 0.05) is 0 Å². The summed E-state index contributed by atoms with van der Waals surface area (Å²) in [4.78, 5) is 0. The molecule has 2 heterocycles. The molecule has 0 saturated carbocycles. The predicted molar refractivity (Wildman–Crippen MR) is 60.5 cm³/mol. The molecule has 9 nitrogen and oxygen atoms in total. The topological polar surface area (TPSA) is 168 Å². The Balaban J connectivity index is 2.45. The Bertz CT molecular complexity index is 533. The molecule has 9 heteroatoms. The van der Waals surface area contributed by atoms with Crippen LogP contribution in [0.3, 0.4) is 0 Å². The molecule has 0 aliphatic carbocycles. The molecule has 0 bridgehead atoms. The quantitative estimate of drug-likeness (QED) is 0.418. The lowest BCUT2D eigenvalue weighted by atomic mass is 9.76. The average molecular weight is 265 g/mol. The van der Waals surface area contributed by atoms with Gasteiger partial charge in [-0.2, -0.15) is 10.5 Å². The van der Waals surface area contributed by atoms with Crippen LogP contribution in [0.5, 0.6) is 0 Å². The van der Waals surface area contributed by atoms with Crippen molar-refractivity contribution in [3.8, 4) is 12.1 Å². The second kappa shape index (κ2) is 4.57. The number of nitrogens with zero attached hydrogens (tertiary/aromatic N) is 4. The summed E-state index contributed by atoms with van der Waals surface area (Å²) in [5.74, 6) is -0.290. The van der Waals surface area contributed by atoms with Gasteiger partial charge in [0.15, 0.2) is 17.0 Å². The fraction of sp³-hybridized carbons (Fsp3) is 0.600. The number of amidine groups is 1. The third-order valence-electron chi connectivity index (χ3n) is 3.29. The standard InChI is InChI=1S/C10H11N5O4/c11-1-5-10(3-12,9(13)15-14-5)8-7(18)6(17)4(2-16)19-8/h4,6-8,16-18H,2H2,(H2,13,15)/t4-,6-,7-,8-,10?/m1/s1. The van der Waals surface area contributed by atoms with Gasteiger partial charge in [-0.15, -0.1) is 10.2 Å². The van der Waals surface area contributed by atoms with E-state index >= 15 is 0 Å². The molecule has 0 aromatic heterocycles. The maximum Gasteiger partial charge on any atom is 0.198 e. The van der Waals surface area contributed by atoms with Gasteiger partial charge in [0.05, 0.1) is 12.7 Å². The molecule has 5 N–H and O–H groups in total. The van der Waals surface area contributed by atoms with Crippen LogP contribution in [0.25, 0.3) is 0 Å². The predicted octanol–water partition coefficient (Wildman–Crippen LogP) is -2.77. The molecule has 0 aromatic rings. The Labute approximate surface area is 107 Å². The molecule has 5 atom stereocenters. The van der Waals surface area contributed by atoms with E-state index in [0.29, 0.717) is 0 Å². The summed E-state index contributed by atoms with van der Waals surface area (Å²) >= 11 is 0. The number of hydrogen-bond donors (Lipinski definition) is 4. The van der Waals surface area contributed by atoms with Gasteiger partial charge < -0.3 is 25.8 Å². The Morgan fingerprint density at radius 3 is 2.47 bits per heavy atom. The van der Waals surface area contributed by atoms with Gasteiger partial charge in [0.1, 0.15) is 30.5 Å². The molecule has 2 aliphatic rings. The fourth-order valence-electron chi connectivity index (χ4n) is 2.21. The number of nitrogens with two attached hydrogens (primary N) is 1. The lowest BCUT2D eigenvalue weighted by Gasteiger charge is -2.28. The van der Waals surface area contributed by atoms with E-state index in [1.807, 2.05) is 0 Å². The molecule has 1 fully saturated rings. The minimum atomic E-state index is -1.85. The Kier molecular flexibility index (Phi) is 3.22. The van der Waals surface area contributed by atoms with Crippen molar-refractivity contribution in [1.82, 2.24) is 0 Å². The van der Waals surface area contributed by atoms with Crippen molar-refractivity contribution >= 4 is 11.5 Å². The zero-order chi connectivity index (χ0) is 14.2. The zero-order valence-corrected chi connectivity index (χ0v) is 9.63. The summed E-state index contributed by atoms with van der Waals surface area (Å²) in [6.45, 7) is -0.549. The third kappa shape index (κ3) is 1.61. The first kappa shape index (κ1) is 13.4. The second-order valence-electron chi connectivity index (χ2n) is 4.22. The minimum absolute atomic E-state index is 0.290. The van der Waals surface area contributed by atoms with Crippen molar-refractivity contribution < 1.29 is 20.1 Å². The van der Waals surface area contributed by atoms with Gasteiger partial charge >= 0.3 is 0 Å². The lowest BCUT2D eigenvalue weighted by molar-refractivity contribution is -0.0335. The first-order chi connectivity index (χ1) is 9.02.